The molecule has 0 aliphatic heterocycles. The van der Waals surface area contributed by atoms with Crippen LogP contribution in [-0.4, -0.2) is 76.9 Å². The third-order valence-electron chi connectivity index (χ3n) is 13.7. The molecular formula is C41H69N5O6. The van der Waals surface area contributed by atoms with Crippen LogP contribution < -0.4 is 21.7 Å². The summed E-state index contributed by atoms with van der Waals surface area (Å²) in [4.78, 5) is 71.1. The SMILES string of the molecule is CN(C(=O)[C@H](NC(=O)[C@H](NC(=O)[C@H](NC(=O)[C@H](N)C1CCCCC1)C1CCCCC1)C1CCCCC1)C1CCCCC1)[C@@H](C(=O)O)C1CCCCC1. The highest BCUT2D eigenvalue weighted by molar-refractivity contribution is 5.96. The van der Waals surface area contributed by atoms with Crippen LogP contribution in [0.25, 0.3) is 0 Å². The van der Waals surface area contributed by atoms with Crippen molar-refractivity contribution in [3.63, 3.8) is 0 Å². The van der Waals surface area contributed by atoms with E-state index in [1.807, 2.05) is 0 Å². The van der Waals surface area contributed by atoms with Gasteiger partial charge < -0.3 is 31.7 Å². The first-order chi connectivity index (χ1) is 25.2. The van der Waals surface area contributed by atoms with Crippen LogP contribution in [0, 0.1) is 29.6 Å². The number of nitrogens with zero attached hydrogens (tertiary/aromatic N) is 1. The zero-order valence-corrected chi connectivity index (χ0v) is 32.0. The number of likely N-dealkylation sites (N-methyl/N-ethyl adjacent to an activating group) is 1. The van der Waals surface area contributed by atoms with Gasteiger partial charge in [0.15, 0.2) is 0 Å². The molecule has 11 heteroatoms. The molecule has 52 heavy (non-hydrogen) atoms. The predicted octanol–water partition coefficient (Wildman–Crippen LogP) is 5.58. The zero-order valence-electron chi connectivity index (χ0n) is 32.0. The fraction of sp³-hybridized carbons (Fsp3) is 0.878. The molecule has 5 aliphatic carbocycles. The molecule has 6 N–H and O–H groups in total. The third kappa shape index (κ3) is 10.7. The molecule has 5 fully saturated rings. The third-order valence-corrected chi connectivity index (χ3v) is 13.7. The van der Waals surface area contributed by atoms with E-state index < -0.39 is 36.2 Å². The Morgan fingerprint density at radius 1 is 0.481 bits per heavy atom. The summed E-state index contributed by atoms with van der Waals surface area (Å²) in [7, 11) is 1.59. The Morgan fingerprint density at radius 2 is 0.788 bits per heavy atom. The molecule has 0 aromatic heterocycles. The Kier molecular flexibility index (Phi) is 15.7. The van der Waals surface area contributed by atoms with Gasteiger partial charge in [0.2, 0.25) is 23.6 Å². The van der Waals surface area contributed by atoms with E-state index in [4.69, 9.17) is 5.73 Å². The minimum atomic E-state index is -0.997. The van der Waals surface area contributed by atoms with Gasteiger partial charge in [-0.05, 0) is 93.8 Å². The Labute approximate surface area is 312 Å². The van der Waals surface area contributed by atoms with Crippen LogP contribution in [-0.2, 0) is 24.0 Å². The van der Waals surface area contributed by atoms with Crippen molar-refractivity contribution >= 4 is 29.6 Å². The molecule has 0 radical (unpaired) electrons. The lowest BCUT2D eigenvalue weighted by Crippen LogP contribution is -2.63. The number of nitrogens with one attached hydrogen (secondary N) is 3. The molecule has 11 nitrogen and oxygen atoms in total. The van der Waals surface area contributed by atoms with Crippen molar-refractivity contribution in [1.82, 2.24) is 20.9 Å². The van der Waals surface area contributed by atoms with Crippen molar-refractivity contribution in [3.05, 3.63) is 0 Å². The van der Waals surface area contributed by atoms with Crippen molar-refractivity contribution in [2.24, 2.45) is 35.3 Å². The monoisotopic (exact) mass is 728 g/mol. The van der Waals surface area contributed by atoms with E-state index in [2.05, 4.69) is 16.0 Å². The number of hydrogen-bond donors (Lipinski definition) is 5. The standard InChI is InChI=1S/C41H69N5O6/c1-46(36(41(51)52)31-25-15-6-16-26-31)40(50)35(30-23-13-5-14-24-30)45-39(49)34(29-21-11-4-12-22-29)44-38(48)33(28-19-9-3-10-20-28)43-37(47)32(42)27-17-7-2-8-18-27/h27-36H,2-26,42H2,1H3,(H,43,47)(H,44,48)(H,45,49)(H,51,52)/t32-,33-,34-,35-,36-/m1/s1. The summed E-state index contributed by atoms with van der Waals surface area (Å²) in [5, 5.41) is 19.7. The van der Waals surface area contributed by atoms with Crippen LogP contribution in [0.5, 0.6) is 0 Å². The second-order valence-corrected chi connectivity index (χ2v) is 17.2. The predicted molar refractivity (Wildman–Crippen MR) is 201 cm³/mol. The topological polar surface area (TPSA) is 171 Å². The largest absolute Gasteiger partial charge is 0.480 e. The second-order valence-electron chi connectivity index (χ2n) is 17.2. The average Bonchev–Trinajstić information content (AvgIpc) is 3.18. The Balaban J connectivity index is 1.36. The molecule has 0 bridgehead atoms. The summed E-state index contributed by atoms with van der Waals surface area (Å²) in [6.07, 6.45) is 23.5. The summed E-state index contributed by atoms with van der Waals surface area (Å²) >= 11 is 0. The normalized spacial score (nSPS) is 24.8. The fourth-order valence-corrected chi connectivity index (χ4v) is 10.5. The van der Waals surface area contributed by atoms with Crippen molar-refractivity contribution in [3.8, 4) is 0 Å². The minimum absolute atomic E-state index is 0.0377. The van der Waals surface area contributed by atoms with Crippen LogP contribution in [0.2, 0.25) is 0 Å². The summed E-state index contributed by atoms with van der Waals surface area (Å²) in [5.74, 6) is -2.61. The molecule has 0 heterocycles. The lowest BCUT2D eigenvalue weighted by molar-refractivity contribution is -0.154. The Hall–Kier alpha value is -2.69. The van der Waals surface area contributed by atoms with Gasteiger partial charge in [0.05, 0.1) is 6.04 Å². The van der Waals surface area contributed by atoms with E-state index in [0.29, 0.717) is 0 Å². The van der Waals surface area contributed by atoms with Crippen LogP contribution in [0.1, 0.15) is 161 Å². The number of carboxylic acid groups (broad SMARTS) is 1. The van der Waals surface area contributed by atoms with E-state index >= 15 is 0 Å². The lowest BCUT2D eigenvalue weighted by atomic mass is 9.80. The number of nitrogens with two attached hydrogens (primary N) is 1. The summed E-state index contributed by atoms with van der Waals surface area (Å²) < 4.78 is 0. The number of aliphatic carboxylic acids is 1. The summed E-state index contributed by atoms with van der Waals surface area (Å²) in [6, 6.07) is -4.12. The minimum Gasteiger partial charge on any atom is -0.480 e. The molecule has 0 unspecified atom stereocenters. The van der Waals surface area contributed by atoms with Crippen molar-refractivity contribution in [2.45, 2.75) is 191 Å². The maximum absolute atomic E-state index is 14.6. The number of carbonyl (C=O) groups excluding carboxylic acids is 4. The molecule has 0 saturated heterocycles. The molecule has 5 atom stereocenters. The molecule has 5 aliphatic rings. The van der Waals surface area contributed by atoms with E-state index in [-0.39, 0.29) is 53.2 Å². The maximum atomic E-state index is 14.6. The number of amides is 4. The molecular weight excluding hydrogens is 658 g/mol. The molecule has 4 amide bonds. The average molecular weight is 728 g/mol. The lowest BCUT2D eigenvalue weighted by Gasteiger charge is -2.39. The quantitative estimate of drug-likeness (QED) is 0.156. The Morgan fingerprint density at radius 3 is 1.17 bits per heavy atom. The molecule has 0 aromatic carbocycles. The van der Waals surface area contributed by atoms with Crippen LogP contribution in [0.15, 0.2) is 0 Å². The van der Waals surface area contributed by atoms with Gasteiger partial charge in [-0.2, -0.15) is 0 Å². The van der Waals surface area contributed by atoms with E-state index in [1.165, 1.54) is 4.90 Å². The highest BCUT2D eigenvalue weighted by Crippen LogP contribution is 2.34. The number of carboxylic acids is 1. The van der Waals surface area contributed by atoms with Crippen LogP contribution in [0.4, 0.5) is 0 Å². The molecule has 5 rings (SSSR count). The van der Waals surface area contributed by atoms with Gasteiger partial charge >= 0.3 is 5.97 Å². The van der Waals surface area contributed by atoms with Gasteiger partial charge in [-0.1, -0.05) is 96.3 Å². The van der Waals surface area contributed by atoms with Gasteiger partial charge in [-0.25, -0.2) is 4.79 Å². The number of rotatable bonds is 14. The number of carbonyl (C=O) groups is 5. The molecule has 294 valence electrons. The second kappa shape index (κ2) is 20.1. The molecule has 0 aromatic rings. The van der Waals surface area contributed by atoms with E-state index in [0.717, 1.165) is 161 Å². The maximum Gasteiger partial charge on any atom is 0.326 e. The number of hydrogen-bond acceptors (Lipinski definition) is 6. The van der Waals surface area contributed by atoms with Gasteiger partial charge in [-0.3, -0.25) is 19.2 Å². The summed E-state index contributed by atoms with van der Waals surface area (Å²) in [6.45, 7) is 0. The van der Waals surface area contributed by atoms with Crippen molar-refractivity contribution in [2.75, 3.05) is 7.05 Å². The summed E-state index contributed by atoms with van der Waals surface area (Å²) in [5.41, 5.74) is 6.52. The van der Waals surface area contributed by atoms with E-state index in [1.54, 1.807) is 7.05 Å². The van der Waals surface area contributed by atoms with Crippen molar-refractivity contribution in [1.29, 1.82) is 0 Å². The van der Waals surface area contributed by atoms with Crippen LogP contribution >= 0.6 is 0 Å². The van der Waals surface area contributed by atoms with Crippen molar-refractivity contribution < 1.29 is 29.1 Å². The highest BCUT2D eigenvalue weighted by Gasteiger charge is 2.43. The van der Waals surface area contributed by atoms with Gasteiger partial charge in [0.25, 0.3) is 0 Å². The first kappa shape index (κ1) is 40.5. The van der Waals surface area contributed by atoms with Gasteiger partial charge in [0.1, 0.15) is 24.2 Å². The first-order valence-corrected chi connectivity index (χ1v) is 21.3. The fourth-order valence-electron chi connectivity index (χ4n) is 10.5. The highest BCUT2D eigenvalue weighted by atomic mass is 16.4. The first-order valence-electron chi connectivity index (χ1n) is 21.3. The molecule has 0 spiro atoms. The van der Waals surface area contributed by atoms with Crippen LogP contribution in [0.3, 0.4) is 0 Å². The Bertz CT molecular complexity index is 1180. The van der Waals surface area contributed by atoms with Gasteiger partial charge in [-0.15, -0.1) is 0 Å². The smallest absolute Gasteiger partial charge is 0.326 e. The van der Waals surface area contributed by atoms with E-state index in [9.17, 15) is 29.1 Å². The zero-order chi connectivity index (χ0) is 37.0. The van der Waals surface area contributed by atoms with Gasteiger partial charge in [0, 0.05) is 7.05 Å². The molecule has 5 saturated carbocycles.